The maximum atomic E-state index is 4.95. The number of nitrogens with zero attached hydrogens (tertiary/aromatic N) is 4. The SMILES string of the molecule is CC1CCc2nc(CN3CCNCC3c3nccn3C)sc2C1.Cl. The summed E-state index contributed by atoms with van der Waals surface area (Å²) in [5.41, 5.74) is 1.37. The fraction of sp³-hybridized carbons (Fsp3) is 0.647. The fourth-order valence-corrected chi connectivity index (χ4v) is 5.03. The summed E-state index contributed by atoms with van der Waals surface area (Å²) in [6, 6.07) is 0.337. The molecule has 0 radical (unpaired) electrons. The Morgan fingerprint density at radius 3 is 3.08 bits per heavy atom. The van der Waals surface area contributed by atoms with Gasteiger partial charge in [0.05, 0.1) is 18.3 Å². The Balaban J connectivity index is 0.00000169. The predicted molar refractivity (Wildman–Crippen MR) is 99.8 cm³/mol. The topological polar surface area (TPSA) is 46.0 Å². The van der Waals surface area contributed by atoms with E-state index in [1.807, 2.05) is 23.7 Å². The van der Waals surface area contributed by atoms with E-state index in [9.17, 15) is 0 Å². The van der Waals surface area contributed by atoms with E-state index < -0.39 is 0 Å². The van der Waals surface area contributed by atoms with Crippen LogP contribution in [0.1, 0.15) is 40.8 Å². The number of rotatable bonds is 3. The zero-order valence-corrected chi connectivity index (χ0v) is 16.0. The number of aryl methyl sites for hydroxylation is 2. The normalized spacial score (nSPS) is 24.4. The van der Waals surface area contributed by atoms with E-state index in [1.165, 1.54) is 28.4 Å². The summed E-state index contributed by atoms with van der Waals surface area (Å²) in [5, 5.41) is 4.79. The molecule has 24 heavy (non-hydrogen) atoms. The minimum Gasteiger partial charge on any atom is -0.337 e. The van der Waals surface area contributed by atoms with Crippen LogP contribution in [-0.2, 0) is 26.4 Å². The molecule has 3 heterocycles. The zero-order chi connectivity index (χ0) is 15.8. The first-order valence-corrected chi connectivity index (χ1v) is 9.42. The minimum atomic E-state index is 0. The molecule has 1 fully saturated rings. The lowest BCUT2D eigenvalue weighted by Gasteiger charge is -2.35. The Morgan fingerprint density at radius 2 is 2.29 bits per heavy atom. The number of nitrogens with one attached hydrogen (secondary N) is 1. The van der Waals surface area contributed by atoms with Gasteiger partial charge in [-0.1, -0.05) is 6.92 Å². The Hall–Kier alpha value is -0.950. The molecule has 0 aromatic carbocycles. The number of halogens is 1. The van der Waals surface area contributed by atoms with Crippen molar-refractivity contribution >= 4 is 23.7 Å². The van der Waals surface area contributed by atoms with Crippen LogP contribution in [0.5, 0.6) is 0 Å². The van der Waals surface area contributed by atoms with Crippen LogP contribution in [0.4, 0.5) is 0 Å². The van der Waals surface area contributed by atoms with Crippen LogP contribution in [0, 0.1) is 5.92 Å². The summed E-state index contributed by atoms with van der Waals surface area (Å²) in [6.45, 7) is 6.37. The lowest BCUT2D eigenvalue weighted by Crippen LogP contribution is -2.46. The average molecular weight is 368 g/mol. The van der Waals surface area contributed by atoms with Gasteiger partial charge < -0.3 is 9.88 Å². The van der Waals surface area contributed by atoms with Gasteiger partial charge in [-0.25, -0.2) is 9.97 Å². The van der Waals surface area contributed by atoms with E-state index in [1.54, 1.807) is 0 Å². The van der Waals surface area contributed by atoms with Gasteiger partial charge in [0.25, 0.3) is 0 Å². The lowest BCUT2D eigenvalue weighted by atomic mass is 9.93. The van der Waals surface area contributed by atoms with Gasteiger partial charge >= 0.3 is 0 Å². The predicted octanol–water partition coefficient (Wildman–Crippen LogP) is 2.57. The Kier molecular flexibility index (Phi) is 5.59. The van der Waals surface area contributed by atoms with Crippen LogP contribution in [0.15, 0.2) is 12.4 Å². The van der Waals surface area contributed by atoms with Crippen LogP contribution >= 0.6 is 23.7 Å². The summed E-state index contributed by atoms with van der Waals surface area (Å²) in [4.78, 5) is 13.6. The van der Waals surface area contributed by atoms with Gasteiger partial charge in [-0.05, 0) is 25.2 Å². The molecule has 0 spiro atoms. The van der Waals surface area contributed by atoms with Crippen molar-refractivity contribution in [3.63, 3.8) is 0 Å². The third kappa shape index (κ3) is 3.52. The molecule has 132 valence electrons. The highest BCUT2D eigenvalue weighted by molar-refractivity contribution is 7.11. The second-order valence-electron chi connectivity index (χ2n) is 6.91. The Bertz CT molecular complexity index is 682. The van der Waals surface area contributed by atoms with E-state index in [0.717, 1.165) is 44.3 Å². The Labute approximate surface area is 153 Å². The van der Waals surface area contributed by atoms with Gasteiger partial charge in [-0.3, -0.25) is 4.90 Å². The average Bonchev–Trinajstić information content (AvgIpc) is 3.13. The number of hydrogen-bond acceptors (Lipinski definition) is 5. The van der Waals surface area contributed by atoms with Gasteiger partial charge in [0.15, 0.2) is 0 Å². The van der Waals surface area contributed by atoms with Crippen LogP contribution in [0.25, 0.3) is 0 Å². The summed E-state index contributed by atoms with van der Waals surface area (Å²) in [5.74, 6) is 1.96. The molecule has 5 nitrogen and oxygen atoms in total. The quantitative estimate of drug-likeness (QED) is 0.905. The van der Waals surface area contributed by atoms with Gasteiger partial charge in [0, 0.05) is 44.0 Å². The van der Waals surface area contributed by atoms with Crippen molar-refractivity contribution in [2.45, 2.75) is 38.8 Å². The lowest BCUT2D eigenvalue weighted by molar-refractivity contribution is 0.144. The maximum absolute atomic E-state index is 4.95. The van der Waals surface area contributed by atoms with E-state index in [-0.39, 0.29) is 12.4 Å². The molecular weight excluding hydrogens is 342 g/mol. The summed E-state index contributed by atoms with van der Waals surface area (Å²) in [7, 11) is 2.08. The molecule has 2 aromatic rings. The third-order valence-electron chi connectivity index (χ3n) is 5.08. The van der Waals surface area contributed by atoms with Crippen LogP contribution < -0.4 is 5.32 Å². The first kappa shape index (κ1) is 17.9. The summed E-state index contributed by atoms with van der Waals surface area (Å²) < 4.78 is 2.14. The third-order valence-corrected chi connectivity index (χ3v) is 6.18. The number of piperazine rings is 1. The van der Waals surface area contributed by atoms with E-state index in [2.05, 4.69) is 33.7 Å². The van der Waals surface area contributed by atoms with E-state index in [4.69, 9.17) is 4.98 Å². The number of fused-ring (bicyclic) bond motifs is 1. The highest BCUT2D eigenvalue weighted by atomic mass is 35.5. The molecule has 1 aliphatic carbocycles. The highest BCUT2D eigenvalue weighted by Crippen LogP contribution is 2.31. The molecule has 1 aliphatic heterocycles. The van der Waals surface area contributed by atoms with Gasteiger partial charge in [-0.15, -0.1) is 23.7 Å². The first-order valence-electron chi connectivity index (χ1n) is 8.60. The summed E-state index contributed by atoms with van der Waals surface area (Å²) >= 11 is 1.94. The molecule has 2 unspecified atom stereocenters. The minimum absolute atomic E-state index is 0. The molecule has 4 rings (SSSR count). The molecule has 2 aromatic heterocycles. The monoisotopic (exact) mass is 367 g/mol. The molecule has 2 atom stereocenters. The fourth-order valence-electron chi connectivity index (χ4n) is 3.72. The van der Waals surface area contributed by atoms with Gasteiger partial charge in [0.1, 0.15) is 10.8 Å². The number of imidazole rings is 1. The van der Waals surface area contributed by atoms with Crippen molar-refractivity contribution in [2.24, 2.45) is 13.0 Å². The smallest absolute Gasteiger partial charge is 0.127 e. The molecule has 0 amide bonds. The molecule has 0 saturated carbocycles. The summed E-state index contributed by atoms with van der Waals surface area (Å²) in [6.07, 6.45) is 7.60. The number of hydrogen-bond donors (Lipinski definition) is 1. The van der Waals surface area contributed by atoms with Crippen molar-refractivity contribution in [1.29, 1.82) is 0 Å². The van der Waals surface area contributed by atoms with E-state index in [0.29, 0.717) is 6.04 Å². The van der Waals surface area contributed by atoms with Gasteiger partial charge in [0.2, 0.25) is 0 Å². The second-order valence-corrected chi connectivity index (χ2v) is 8.08. The van der Waals surface area contributed by atoms with E-state index >= 15 is 0 Å². The molecular formula is C17H26ClN5S. The van der Waals surface area contributed by atoms with Crippen LogP contribution in [0.3, 0.4) is 0 Å². The molecule has 1 N–H and O–H groups in total. The van der Waals surface area contributed by atoms with Crippen molar-refractivity contribution < 1.29 is 0 Å². The second kappa shape index (κ2) is 7.52. The maximum Gasteiger partial charge on any atom is 0.127 e. The number of thiazole rings is 1. The standard InChI is InChI=1S/C17H25N5S.ClH/c1-12-3-4-13-15(9-12)23-16(20-13)11-22-8-5-18-10-14(22)17-19-6-7-21(17)2;/h6-7,12,14,18H,3-5,8-11H2,1-2H3;1H. The van der Waals surface area contributed by atoms with Crippen molar-refractivity contribution in [2.75, 3.05) is 19.6 Å². The first-order chi connectivity index (χ1) is 11.2. The van der Waals surface area contributed by atoms with Crippen molar-refractivity contribution in [3.8, 4) is 0 Å². The molecule has 1 saturated heterocycles. The molecule has 7 heteroatoms. The zero-order valence-electron chi connectivity index (χ0n) is 14.4. The highest BCUT2D eigenvalue weighted by Gasteiger charge is 2.28. The van der Waals surface area contributed by atoms with Crippen LogP contribution in [-0.4, -0.2) is 39.1 Å². The van der Waals surface area contributed by atoms with Gasteiger partial charge in [-0.2, -0.15) is 0 Å². The molecule has 2 aliphatic rings. The molecule has 0 bridgehead atoms. The number of aromatic nitrogens is 3. The van der Waals surface area contributed by atoms with Crippen molar-refractivity contribution in [1.82, 2.24) is 24.8 Å². The van der Waals surface area contributed by atoms with Crippen LogP contribution in [0.2, 0.25) is 0 Å². The largest absolute Gasteiger partial charge is 0.337 e. The Morgan fingerprint density at radius 1 is 1.42 bits per heavy atom. The van der Waals surface area contributed by atoms with Crippen molar-refractivity contribution in [3.05, 3.63) is 33.8 Å².